The molecule has 0 aliphatic rings. The van der Waals surface area contributed by atoms with Gasteiger partial charge >= 0.3 is 5.97 Å². The third-order valence-electron chi connectivity index (χ3n) is 4.20. The second-order valence-corrected chi connectivity index (χ2v) is 6.61. The molecule has 1 N–H and O–H groups in total. The van der Waals surface area contributed by atoms with Crippen LogP contribution < -0.4 is 5.32 Å². The molecule has 0 heterocycles. The lowest BCUT2D eigenvalue weighted by Gasteiger charge is -2.06. The van der Waals surface area contributed by atoms with Crippen molar-refractivity contribution in [2.24, 2.45) is 0 Å². The van der Waals surface area contributed by atoms with Crippen molar-refractivity contribution in [3.63, 3.8) is 0 Å². The minimum atomic E-state index is -0.0172. The summed E-state index contributed by atoms with van der Waals surface area (Å²) in [5, 5.41) is 3.47. The zero-order valence-corrected chi connectivity index (χ0v) is 15.8. The standard InChI is InChI=1S/C20H41NO2/c1-3-5-7-9-10-13-17-21-18-14-12-16-20(22)23-19-15-11-8-6-4-2/h21H,3-19H2,1-2H3. The summed E-state index contributed by atoms with van der Waals surface area (Å²) in [6.07, 6.45) is 16.7. The molecule has 0 rings (SSSR count). The normalized spacial score (nSPS) is 10.9. The number of esters is 1. The Bertz CT molecular complexity index is 244. The first-order valence-corrected chi connectivity index (χ1v) is 10.2. The molecule has 0 radical (unpaired) electrons. The molecule has 0 atom stereocenters. The number of carbonyl (C=O) groups excluding carboxylic acids is 1. The molecule has 0 fully saturated rings. The Hall–Kier alpha value is -0.570. The van der Waals surface area contributed by atoms with Gasteiger partial charge in [0.1, 0.15) is 0 Å². The SMILES string of the molecule is CCCCCCCCNCCCCC(=O)OCCCCCCC. The minimum absolute atomic E-state index is 0.0172. The second-order valence-electron chi connectivity index (χ2n) is 6.61. The average molecular weight is 328 g/mol. The van der Waals surface area contributed by atoms with E-state index in [1.807, 2.05) is 0 Å². The van der Waals surface area contributed by atoms with Crippen molar-refractivity contribution in [3.05, 3.63) is 0 Å². The first-order valence-electron chi connectivity index (χ1n) is 10.2. The van der Waals surface area contributed by atoms with Gasteiger partial charge in [-0.15, -0.1) is 0 Å². The molecule has 0 unspecified atom stereocenters. The number of hydrogen-bond donors (Lipinski definition) is 1. The molecule has 0 saturated heterocycles. The fourth-order valence-corrected chi connectivity index (χ4v) is 2.64. The number of carbonyl (C=O) groups is 1. The summed E-state index contributed by atoms with van der Waals surface area (Å²) in [4.78, 5) is 11.5. The molecule has 0 aliphatic heterocycles. The first kappa shape index (κ1) is 22.4. The third kappa shape index (κ3) is 19.4. The van der Waals surface area contributed by atoms with Crippen molar-refractivity contribution >= 4 is 5.97 Å². The van der Waals surface area contributed by atoms with E-state index in [2.05, 4.69) is 19.2 Å². The van der Waals surface area contributed by atoms with Crippen LogP contribution in [0.4, 0.5) is 0 Å². The summed E-state index contributed by atoms with van der Waals surface area (Å²) in [5.74, 6) is -0.0172. The second kappa shape index (κ2) is 19.5. The molecule has 0 spiro atoms. The van der Waals surface area contributed by atoms with Gasteiger partial charge in [-0.05, 0) is 38.8 Å². The fourth-order valence-electron chi connectivity index (χ4n) is 2.64. The number of ether oxygens (including phenoxy) is 1. The van der Waals surface area contributed by atoms with Gasteiger partial charge in [-0.1, -0.05) is 71.6 Å². The van der Waals surface area contributed by atoms with E-state index in [1.54, 1.807) is 0 Å². The van der Waals surface area contributed by atoms with E-state index in [-0.39, 0.29) is 5.97 Å². The van der Waals surface area contributed by atoms with Crippen LogP contribution in [0.2, 0.25) is 0 Å². The van der Waals surface area contributed by atoms with Gasteiger partial charge in [-0.25, -0.2) is 0 Å². The Morgan fingerprint density at radius 1 is 0.696 bits per heavy atom. The fraction of sp³-hybridized carbons (Fsp3) is 0.950. The highest BCUT2D eigenvalue weighted by molar-refractivity contribution is 5.69. The van der Waals surface area contributed by atoms with Gasteiger partial charge in [0.05, 0.1) is 6.61 Å². The molecule has 0 amide bonds. The molecule has 0 aromatic heterocycles. The van der Waals surface area contributed by atoms with Crippen molar-refractivity contribution in [3.8, 4) is 0 Å². The van der Waals surface area contributed by atoms with Crippen molar-refractivity contribution in [1.29, 1.82) is 0 Å². The Morgan fingerprint density at radius 2 is 1.22 bits per heavy atom. The highest BCUT2D eigenvalue weighted by atomic mass is 16.5. The lowest BCUT2D eigenvalue weighted by molar-refractivity contribution is -0.143. The van der Waals surface area contributed by atoms with Crippen LogP contribution in [0.25, 0.3) is 0 Å². The molecule has 3 heteroatoms. The molecule has 0 saturated carbocycles. The van der Waals surface area contributed by atoms with Gasteiger partial charge in [0.2, 0.25) is 0 Å². The molecular formula is C20H41NO2. The maximum Gasteiger partial charge on any atom is 0.305 e. The predicted octanol–water partition coefficient (Wildman–Crippen LogP) is 5.62. The quantitative estimate of drug-likeness (QED) is 0.262. The van der Waals surface area contributed by atoms with Gasteiger partial charge in [-0.2, -0.15) is 0 Å². The lowest BCUT2D eigenvalue weighted by Crippen LogP contribution is -2.17. The van der Waals surface area contributed by atoms with Gasteiger partial charge < -0.3 is 10.1 Å². The number of hydrogen-bond acceptors (Lipinski definition) is 3. The van der Waals surface area contributed by atoms with Gasteiger partial charge in [0.15, 0.2) is 0 Å². The summed E-state index contributed by atoms with van der Waals surface area (Å²) < 4.78 is 5.25. The average Bonchev–Trinajstić information content (AvgIpc) is 2.56. The van der Waals surface area contributed by atoms with Crippen LogP contribution in [0.5, 0.6) is 0 Å². The number of unbranched alkanes of at least 4 members (excludes halogenated alkanes) is 10. The Morgan fingerprint density at radius 3 is 1.87 bits per heavy atom. The van der Waals surface area contributed by atoms with Gasteiger partial charge in [0.25, 0.3) is 0 Å². The van der Waals surface area contributed by atoms with Crippen LogP contribution in [0.3, 0.4) is 0 Å². The third-order valence-corrected chi connectivity index (χ3v) is 4.20. The molecule has 0 bridgehead atoms. The zero-order chi connectivity index (χ0) is 17.0. The van der Waals surface area contributed by atoms with Crippen LogP contribution in [0.15, 0.2) is 0 Å². The predicted molar refractivity (Wildman–Crippen MR) is 99.8 cm³/mol. The van der Waals surface area contributed by atoms with E-state index >= 15 is 0 Å². The zero-order valence-electron chi connectivity index (χ0n) is 15.8. The van der Waals surface area contributed by atoms with Crippen molar-refractivity contribution in [2.45, 2.75) is 104 Å². The Labute approximate surface area is 144 Å². The van der Waals surface area contributed by atoms with Crippen LogP contribution in [-0.4, -0.2) is 25.7 Å². The Kier molecular flexibility index (Phi) is 19.0. The van der Waals surface area contributed by atoms with Crippen molar-refractivity contribution in [1.82, 2.24) is 5.32 Å². The summed E-state index contributed by atoms with van der Waals surface area (Å²) in [7, 11) is 0. The topological polar surface area (TPSA) is 38.3 Å². The molecule has 138 valence electrons. The molecule has 0 aromatic carbocycles. The molecule has 3 nitrogen and oxygen atoms in total. The summed E-state index contributed by atoms with van der Waals surface area (Å²) in [6.45, 7) is 7.22. The first-order chi connectivity index (χ1) is 11.3. The molecule has 0 aromatic rings. The largest absolute Gasteiger partial charge is 0.466 e. The van der Waals surface area contributed by atoms with E-state index in [1.165, 1.54) is 64.2 Å². The minimum Gasteiger partial charge on any atom is -0.466 e. The van der Waals surface area contributed by atoms with Crippen LogP contribution in [-0.2, 0) is 9.53 Å². The van der Waals surface area contributed by atoms with E-state index in [0.717, 1.165) is 32.4 Å². The molecular weight excluding hydrogens is 286 g/mol. The maximum atomic E-state index is 11.5. The smallest absolute Gasteiger partial charge is 0.305 e. The molecule has 23 heavy (non-hydrogen) atoms. The van der Waals surface area contributed by atoms with Crippen LogP contribution in [0, 0.1) is 0 Å². The molecule has 0 aliphatic carbocycles. The monoisotopic (exact) mass is 327 g/mol. The summed E-state index contributed by atoms with van der Waals surface area (Å²) >= 11 is 0. The van der Waals surface area contributed by atoms with E-state index in [0.29, 0.717) is 13.0 Å². The maximum absolute atomic E-state index is 11.5. The van der Waals surface area contributed by atoms with E-state index in [9.17, 15) is 4.79 Å². The summed E-state index contributed by atoms with van der Waals surface area (Å²) in [5.41, 5.74) is 0. The number of nitrogens with one attached hydrogen (secondary N) is 1. The highest BCUT2D eigenvalue weighted by Crippen LogP contribution is 2.05. The Balaban J connectivity index is 3.11. The van der Waals surface area contributed by atoms with Crippen LogP contribution >= 0.6 is 0 Å². The van der Waals surface area contributed by atoms with Gasteiger partial charge in [0, 0.05) is 6.42 Å². The lowest BCUT2D eigenvalue weighted by atomic mass is 10.1. The van der Waals surface area contributed by atoms with E-state index in [4.69, 9.17) is 4.74 Å². The summed E-state index contributed by atoms with van der Waals surface area (Å²) in [6, 6.07) is 0. The van der Waals surface area contributed by atoms with Crippen molar-refractivity contribution < 1.29 is 9.53 Å². The number of rotatable bonds is 18. The highest BCUT2D eigenvalue weighted by Gasteiger charge is 2.02. The van der Waals surface area contributed by atoms with E-state index < -0.39 is 0 Å². The van der Waals surface area contributed by atoms with Crippen molar-refractivity contribution in [2.75, 3.05) is 19.7 Å². The van der Waals surface area contributed by atoms with Gasteiger partial charge in [-0.3, -0.25) is 4.79 Å². The van der Waals surface area contributed by atoms with Crippen LogP contribution in [0.1, 0.15) is 104 Å².